The van der Waals surface area contributed by atoms with Crippen molar-refractivity contribution < 1.29 is 9.18 Å². The molecular weight excluding hydrogens is 315 g/mol. The van der Waals surface area contributed by atoms with Crippen LogP contribution in [0.5, 0.6) is 0 Å². The predicted octanol–water partition coefficient (Wildman–Crippen LogP) is 3.38. The molecule has 0 aliphatic rings. The Hall–Kier alpha value is -1.91. The van der Waals surface area contributed by atoms with Gasteiger partial charge in [-0.05, 0) is 44.3 Å². The van der Waals surface area contributed by atoms with Crippen LogP contribution in [0.4, 0.5) is 4.39 Å². The summed E-state index contributed by atoms with van der Waals surface area (Å²) in [7, 11) is 3.92. The third-order valence-electron chi connectivity index (χ3n) is 3.72. The van der Waals surface area contributed by atoms with Crippen molar-refractivity contribution in [3.8, 4) is 0 Å². The van der Waals surface area contributed by atoms with E-state index in [0.29, 0.717) is 11.6 Å². The van der Waals surface area contributed by atoms with Crippen molar-refractivity contribution in [1.82, 2.24) is 10.2 Å². The molecule has 122 valence electrons. The highest BCUT2D eigenvalue weighted by Crippen LogP contribution is 2.15. The summed E-state index contributed by atoms with van der Waals surface area (Å²) in [5.41, 5.74) is 1.16. The molecule has 0 aromatic heterocycles. The molecule has 0 radical (unpaired) electrons. The van der Waals surface area contributed by atoms with Crippen molar-refractivity contribution in [3.63, 3.8) is 0 Å². The molecule has 0 unspecified atom stereocenters. The molecule has 0 saturated carbocycles. The molecule has 1 amide bonds. The first kappa shape index (κ1) is 17.4. The lowest BCUT2D eigenvalue weighted by Gasteiger charge is -2.25. The number of carbonyl (C=O) groups is 1. The van der Waals surface area contributed by atoms with Gasteiger partial charge in [-0.25, -0.2) is 4.39 Å². The first-order chi connectivity index (χ1) is 11.0. The van der Waals surface area contributed by atoms with Crippen LogP contribution in [0.15, 0.2) is 48.5 Å². The molecule has 0 heterocycles. The van der Waals surface area contributed by atoms with Crippen molar-refractivity contribution in [1.29, 1.82) is 0 Å². The quantitative estimate of drug-likeness (QED) is 0.878. The predicted molar refractivity (Wildman–Crippen MR) is 91.4 cm³/mol. The maximum absolute atomic E-state index is 13.7. The number of nitrogens with zero attached hydrogens (tertiary/aromatic N) is 1. The van der Waals surface area contributed by atoms with Gasteiger partial charge in [0.1, 0.15) is 5.82 Å². The maximum Gasteiger partial charge on any atom is 0.254 e. The van der Waals surface area contributed by atoms with Gasteiger partial charge in [0.05, 0.1) is 5.56 Å². The van der Waals surface area contributed by atoms with E-state index in [2.05, 4.69) is 17.4 Å². The lowest BCUT2D eigenvalue weighted by atomic mass is 10.0. The molecule has 0 aliphatic carbocycles. The van der Waals surface area contributed by atoms with Gasteiger partial charge < -0.3 is 10.2 Å². The minimum atomic E-state index is -0.573. The van der Waals surface area contributed by atoms with E-state index in [-0.39, 0.29) is 11.6 Å². The number of likely N-dealkylation sites (N-methyl/N-ethyl adjacent to an activating group) is 1. The molecule has 0 fully saturated rings. The number of benzene rings is 2. The second-order valence-corrected chi connectivity index (χ2v) is 6.08. The van der Waals surface area contributed by atoms with Gasteiger partial charge in [0.25, 0.3) is 5.91 Å². The molecule has 5 heteroatoms. The highest BCUT2D eigenvalue weighted by atomic mass is 35.5. The van der Waals surface area contributed by atoms with Crippen LogP contribution in [0.1, 0.15) is 15.9 Å². The first-order valence-corrected chi connectivity index (χ1v) is 7.79. The number of rotatable bonds is 6. The zero-order valence-corrected chi connectivity index (χ0v) is 14.0. The first-order valence-electron chi connectivity index (χ1n) is 7.41. The third kappa shape index (κ3) is 5.05. The van der Waals surface area contributed by atoms with Crippen LogP contribution in [-0.4, -0.2) is 37.5 Å². The summed E-state index contributed by atoms with van der Waals surface area (Å²) in [6.07, 6.45) is 0.798. The molecule has 3 nitrogen and oxygen atoms in total. The number of hydrogen-bond donors (Lipinski definition) is 1. The fourth-order valence-electron chi connectivity index (χ4n) is 2.30. The van der Waals surface area contributed by atoms with Gasteiger partial charge in [-0.1, -0.05) is 41.9 Å². The molecule has 0 saturated heterocycles. The standard InChI is InChI=1S/C18H20ClFN2O/c1-22(2)15(10-13-6-4-3-5-7-13)12-21-18(23)16-11-14(19)8-9-17(16)20/h3-9,11,15H,10,12H2,1-2H3,(H,21,23)/t15-/m1/s1. The Balaban J connectivity index is 2.01. The van der Waals surface area contributed by atoms with E-state index in [1.54, 1.807) is 0 Å². The average molecular weight is 335 g/mol. The summed E-state index contributed by atoms with van der Waals surface area (Å²) < 4.78 is 13.7. The summed E-state index contributed by atoms with van der Waals surface area (Å²) in [6.45, 7) is 0.423. The maximum atomic E-state index is 13.7. The Kier molecular flexibility index (Phi) is 6.13. The van der Waals surface area contributed by atoms with Crippen molar-refractivity contribution in [2.75, 3.05) is 20.6 Å². The van der Waals surface area contributed by atoms with Crippen LogP contribution in [0.3, 0.4) is 0 Å². The van der Waals surface area contributed by atoms with E-state index in [1.165, 1.54) is 23.8 Å². The molecule has 0 spiro atoms. The fourth-order valence-corrected chi connectivity index (χ4v) is 2.47. The zero-order valence-electron chi connectivity index (χ0n) is 13.2. The lowest BCUT2D eigenvalue weighted by molar-refractivity contribution is 0.0937. The van der Waals surface area contributed by atoms with Gasteiger partial charge in [0, 0.05) is 17.6 Å². The highest BCUT2D eigenvalue weighted by Gasteiger charge is 2.16. The van der Waals surface area contributed by atoms with Crippen molar-refractivity contribution in [3.05, 3.63) is 70.5 Å². The van der Waals surface area contributed by atoms with Crippen LogP contribution in [0, 0.1) is 5.82 Å². The molecule has 2 aromatic carbocycles. The van der Waals surface area contributed by atoms with Crippen molar-refractivity contribution in [2.45, 2.75) is 12.5 Å². The average Bonchev–Trinajstić information content (AvgIpc) is 2.54. The van der Waals surface area contributed by atoms with E-state index < -0.39 is 11.7 Å². The van der Waals surface area contributed by atoms with E-state index in [9.17, 15) is 9.18 Å². The van der Waals surface area contributed by atoms with Crippen LogP contribution in [-0.2, 0) is 6.42 Å². The Bertz CT molecular complexity index is 661. The van der Waals surface area contributed by atoms with E-state index >= 15 is 0 Å². The third-order valence-corrected chi connectivity index (χ3v) is 3.95. The zero-order chi connectivity index (χ0) is 16.8. The number of hydrogen-bond acceptors (Lipinski definition) is 2. The second-order valence-electron chi connectivity index (χ2n) is 5.64. The largest absolute Gasteiger partial charge is 0.350 e. The van der Waals surface area contributed by atoms with Crippen LogP contribution < -0.4 is 5.32 Å². The normalized spacial score (nSPS) is 12.2. The SMILES string of the molecule is CN(C)[C@@H](CNC(=O)c1cc(Cl)ccc1F)Cc1ccccc1. The van der Waals surface area contributed by atoms with Crippen LogP contribution in [0.25, 0.3) is 0 Å². The van der Waals surface area contributed by atoms with Gasteiger partial charge >= 0.3 is 0 Å². The Morgan fingerprint density at radius 3 is 2.57 bits per heavy atom. The molecule has 2 rings (SSSR count). The summed E-state index contributed by atoms with van der Waals surface area (Å²) in [5.74, 6) is -1.03. The van der Waals surface area contributed by atoms with Gasteiger partial charge in [0.15, 0.2) is 0 Å². The molecule has 0 bridgehead atoms. The molecule has 1 N–H and O–H groups in total. The summed E-state index contributed by atoms with van der Waals surface area (Å²) in [6, 6.07) is 14.1. The van der Waals surface area contributed by atoms with Gasteiger partial charge in [-0.15, -0.1) is 0 Å². The van der Waals surface area contributed by atoms with Crippen LogP contribution in [0.2, 0.25) is 5.02 Å². The minimum absolute atomic E-state index is 0.0327. The highest BCUT2D eigenvalue weighted by molar-refractivity contribution is 6.31. The van der Waals surface area contributed by atoms with E-state index in [0.717, 1.165) is 6.42 Å². The second kappa shape index (κ2) is 8.09. The molecular formula is C18H20ClFN2O. The Labute approximate surface area is 141 Å². The number of carbonyl (C=O) groups excluding carboxylic acids is 1. The fraction of sp³-hybridized carbons (Fsp3) is 0.278. The minimum Gasteiger partial charge on any atom is -0.350 e. The molecule has 0 aliphatic heterocycles. The topological polar surface area (TPSA) is 32.3 Å². The van der Waals surface area contributed by atoms with Crippen molar-refractivity contribution in [2.24, 2.45) is 0 Å². The van der Waals surface area contributed by atoms with Gasteiger partial charge in [-0.3, -0.25) is 4.79 Å². The number of amides is 1. The number of nitrogens with one attached hydrogen (secondary N) is 1. The van der Waals surface area contributed by atoms with Gasteiger partial charge in [0.2, 0.25) is 0 Å². The number of halogens is 2. The van der Waals surface area contributed by atoms with Gasteiger partial charge in [-0.2, -0.15) is 0 Å². The smallest absolute Gasteiger partial charge is 0.254 e. The lowest BCUT2D eigenvalue weighted by Crippen LogP contribution is -2.41. The van der Waals surface area contributed by atoms with Crippen molar-refractivity contribution >= 4 is 17.5 Å². The summed E-state index contributed by atoms with van der Waals surface area (Å²) in [5, 5.41) is 3.13. The Morgan fingerprint density at radius 2 is 1.91 bits per heavy atom. The van der Waals surface area contributed by atoms with E-state index in [4.69, 9.17) is 11.6 Å². The van der Waals surface area contributed by atoms with Crippen LogP contribution >= 0.6 is 11.6 Å². The Morgan fingerprint density at radius 1 is 1.22 bits per heavy atom. The summed E-state index contributed by atoms with van der Waals surface area (Å²) in [4.78, 5) is 14.2. The molecule has 23 heavy (non-hydrogen) atoms. The molecule has 1 atom stereocenters. The summed E-state index contributed by atoms with van der Waals surface area (Å²) >= 11 is 5.83. The molecule has 2 aromatic rings. The monoisotopic (exact) mass is 334 g/mol. The van der Waals surface area contributed by atoms with E-state index in [1.807, 2.05) is 37.2 Å².